The molecule has 1 saturated heterocycles. The van der Waals surface area contributed by atoms with Gasteiger partial charge in [-0.1, -0.05) is 36.4 Å². The number of likely N-dealkylation sites (tertiary alicyclic amines) is 1. The van der Waals surface area contributed by atoms with Gasteiger partial charge in [0.25, 0.3) is 0 Å². The van der Waals surface area contributed by atoms with E-state index in [4.69, 9.17) is 4.98 Å². The fourth-order valence-electron chi connectivity index (χ4n) is 3.34. The molecule has 1 N–H and O–H groups in total. The fourth-order valence-corrected chi connectivity index (χ4v) is 3.34. The van der Waals surface area contributed by atoms with Gasteiger partial charge in [0.05, 0.1) is 24.0 Å². The number of nitrogens with one attached hydrogen (secondary N) is 1. The second kappa shape index (κ2) is 8.06. The number of pyridine rings is 1. The number of nitrogens with zero attached hydrogens (tertiary/aromatic N) is 2. The van der Waals surface area contributed by atoms with Crippen molar-refractivity contribution < 1.29 is 4.79 Å². The molecule has 1 amide bonds. The first-order valence-electron chi connectivity index (χ1n) is 8.70. The van der Waals surface area contributed by atoms with Crippen LogP contribution in [0.4, 0.5) is 0 Å². The first kappa shape index (κ1) is 16.7. The number of hydrogen-bond donors (Lipinski definition) is 1. The van der Waals surface area contributed by atoms with Crippen molar-refractivity contribution in [3.8, 4) is 0 Å². The summed E-state index contributed by atoms with van der Waals surface area (Å²) in [7, 11) is 0. The molecule has 0 bridgehead atoms. The van der Waals surface area contributed by atoms with Crippen molar-refractivity contribution in [1.82, 2.24) is 15.2 Å². The van der Waals surface area contributed by atoms with Crippen LogP contribution >= 0.6 is 0 Å². The van der Waals surface area contributed by atoms with Gasteiger partial charge in [-0.2, -0.15) is 0 Å². The summed E-state index contributed by atoms with van der Waals surface area (Å²) in [6.45, 7) is 4.23. The van der Waals surface area contributed by atoms with E-state index in [-0.39, 0.29) is 5.91 Å². The van der Waals surface area contributed by atoms with E-state index in [0.717, 1.165) is 37.3 Å². The van der Waals surface area contributed by atoms with Crippen LogP contribution in [-0.2, 0) is 17.8 Å². The van der Waals surface area contributed by atoms with E-state index in [0.29, 0.717) is 12.6 Å². The minimum Gasteiger partial charge on any atom is -0.351 e. The van der Waals surface area contributed by atoms with E-state index in [1.54, 1.807) is 0 Å². The van der Waals surface area contributed by atoms with Crippen molar-refractivity contribution in [1.29, 1.82) is 0 Å². The molecular formula is C20H25N3O. The Balaban J connectivity index is 1.64. The van der Waals surface area contributed by atoms with Crippen LogP contribution in [0, 0.1) is 0 Å². The summed E-state index contributed by atoms with van der Waals surface area (Å²) in [6, 6.07) is 17.2. The molecule has 3 rings (SSSR count). The van der Waals surface area contributed by atoms with Crippen LogP contribution < -0.4 is 5.32 Å². The zero-order valence-corrected chi connectivity index (χ0v) is 14.2. The summed E-state index contributed by atoms with van der Waals surface area (Å²) < 4.78 is 0. The molecule has 0 unspecified atom stereocenters. The number of carbonyl (C=O) groups is 1. The Bertz CT molecular complexity index is 672. The predicted octanol–water partition coefficient (Wildman–Crippen LogP) is 3.10. The zero-order chi connectivity index (χ0) is 16.8. The summed E-state index contributed by atoms with van der Waals surface area (Å²) in [5.74, 6) is -0.0208. The van der Waals surface area contributed by atoms with Crippen molar-refractivity contribution in [3.63, 3.8) is 0 Å². The molecule has 1 aromatic heterocycles. The minimum atomic E-state index is -0.0208. The lowest BCUT2D eigenvalue weighted by atomic mass is 10.1. The molecule has 24 heavy (non-hydrogen) atoms. The van der Waals surface area contributed by atoms with Crippen LogP contribution in [0.3, 0.4) is 0 Å². The van der Waals surface area contributed by atoms with Gasteiger partial charge in [-0.25, -0.2) is 0 Å². The summed E-state index contributed by atoms with van der Waals surface area (Å²) in [5.41, 5.74) is 3.44. The third-order valence-electron chi connectivity index (χ3n) is 4.58. The van der Waals surface area contributed by atoms with E-state index in [1.165, 1.54) is 18.9 Å². The number of aromatic nitrogens is 1. The van der Waals surface area contributed by atoms with E-state index in [1.807, 2.05) is 12.1 Å². The second-order valence-electron chi connectivity index (χ2n) is 6.39. The standard InChI is InChI=1S/C20H25N3O/c1-16(24)21-15-18-9-5-10-19(22-18)20-11-6-13-23(20)14-12-17-7-3-2-4-8-17/h2-5,7-10,20H,6,11-15H2,1H3,(H,21,24)/t20-/m1/s1. The van der Waals surface area contributed by atoms with Crippen LogP contribution in [0.15, 0.2) is 48.5 Å². The Morgan fingerprint density at radius 3 is 2.83 bits per heavy atom. The highest BCUT2D eigenvalue weighted by Crippen LogP contribution is 2.30. The van der Waals surface area contributed by atoms with Crippen LogP contribution in [0.1, 0.15) is 42.8 Å². The third-order valence-corrected chi connectivity index (χ3v) is 4.58. The molecule has 1 fully saturated rings. The quantitative estimate of drug-likeness (QED) is 0.888. The maximum atomic E-state index is 11.1. The van der Waals surface area contributed by atoms with Crippen LogP contribution in [0.5, 0.6) is 0 Å². The highest BCUT2D eigenvalue weighted by molar-refractivity contribution is 5.72. The molecule has 1 aliphatic rings. The normalized spacial score (nSPS) is 17.8. The monoisotopic (exact) mass is 323 g/mol. The highest BCUT2D eigenvalue weighted by Gasteiger charge is 2.26. The number of carbonyl (C=O) groups excluding carboxylic acids is 1. The summed E-state index contributed by atoms with van der Waals surface area (Å²) in [6.07, 6.45) is 3.45. The maximum Gasteiger partial charge on any atom is 0.217 e. The highest BCUT2D eigenvalue weighted by atomic mass is 16.1. The summed E-state index contributed by atoms with van der Waals surface area (Å²) in [5, 5.41) is 2.82. The van der Waals surface area contributed by atoms with Crippen molar-refractivity contribution in [3.05, 3.63) is 65.5 Å². The van der Waals surface area contributed by atoms with Crippen molar-refractivity contribution >= 4 is 5.91 Å². The average molecular weight is 323 g/mol. The molecule has 2 aromatic rings. The third kappa shape index (κ3) is 4.42. The molecule has 0 spiro atoms. The van der Waals surface area contributed by atoms with Gasteiger partial charge in [-0.05, 0) is 43.5 Å². The van der Waals surface area contributed by atoms with Gasteiger partial charge in [0.1, 0.15) is 0 Å². The van der Waals surface area contributed by atoms with Gasteiger partial charge in [0.15, 0.2) is 0 Å². The fraction of sp³-hybridized carbons (Fsp3) is 0.400. The Labute approximate surface area is 143 Å². The number of benzene rings is 1. The molecule has 1 atom stereocenters. The zero-order valence-electron chi connectivity index (χ0n) is 14.2. The number of amides is 1. The molecule has 0 aliphatic carbocycles. The lowest BCUT2D eigenvalue weighted by Gasteiger charge is -2.24. The lowest BCUT2D eigenvalue weighted by molar-refractivity contribution is -0.119. The maximum absolute atomic E-state index is 11.1. The number of hydrogen-bond acceptors (Lipinski definition) is 3. The topological polar surface area (TPSA) is 45.2 Å². The van der Waals surface area contributed by atoms with Gasteiger partial charge in [0.2, 0.25) is 5.91 Å². The van der Waals surface area contributed by atoms with Gasteiger partial charge >= 0.3 is 0 Å². The predicted molar refractivity (Wildman–Crippen MR) is 95.5 cm³/mol. The van der Waals surface area contributed by atoms with Crippen LogP contribution in [0.2, 0.25) is 0 Å². The summed E-state index contributed by atoms with van der Waals surface area (Å²) >= 11 is 0. The first-order valence-corrected chi connectivity index (χ1v) is 8.70. The van der Waals surface area contributed by atoms with Crippen molar-refractivity contribution in [2.45, 2.75) is 38.8 Å². The van der Waals surface area contributed by atoms with Crippen molar-refractivity contribution in [2.75, 3.05) is 13.1 Å². The van der Waals surface area contributed by atoms with Crippen LogP contribution in [-0.4, -0.2) is 28.9 Å². The Hall–Kier alpha value is -2.20. The largest absolute Gasteiger partial charge is 0.351 e. The molecule has 2 heterocycles. The molecule has 126 valence electrons. The van der Waals surface area contributed by atoms with E-state index >= 15 is 0 Å². The Morgan fingerprint density at radius 2 is 2.04 bits per heavy atom. The molecule has 1 aliphatic heterocycles. The molecule has 0 saturated carbocycles. The van der Waals surface area contributed by atoms with Crippen LogP contribution in [0.25, 0.3) is 0 Å². The molecule has 1 aromatic carbocycles. The minimum absolute atomic E-state index is 0.0208. The molecule has 4 heteroatoms. The number of rotatable bonds is 6. The van der Waals surface area contributed by atoms with E-state index < -0.39 is 0 Å². The average Bonchev–Trinajstić information content (AvgIpc) is 3.08. The second-order valence-corrected chi connectivity index (χ2v) is 6.39. The Morgan fingerprint density at radius 1 is 1.21 bits per heavy atom. The first-order chi connectivity index (χ1) is 11.7. The van der Waals surface area contributed by atoms with Gasteiger partial charge in [0, 0.05) is 13.5 Å². The van der Waals surface area contributed by atoms with Gasteiger partial charge < -0.3 is 5.32 Å². The lowest BCUT2D eigenvalue weighted by Crippen LogP contribution is -2.27. The van der Waals surface area contributed by atoms with Gasteiger partial charge in [-0.15, -0.1) is 0 Å². The molecule has 0 radical (unpaired) electrons. The van der Waals surface area contributed by atoms with E-state index in [2.05, 4.69) is 46.6 Å². The summed E-state index contributed by atoms with van der Waals surface area (Å²) in [4.78, 5) is 18.4. The van der Waals surface area contributed by atoms with Gasteiger partial charge in [-0.3, -0.25) is 14.7 Å². The SMILES string of the molecule is CC(=O)NCc1cccc([C@H]2CCCN2CCc2ccccc2)n1. The Kier molecular flexibility index (Phi) is 5.59. The molecular weight excluding hydrogens is 298 g/mol. The molecule has 4 nitrogen and oxygen atoms in total. The van der Waals surface area contributed by atoms with E-state index in [9.17, 15) is 4.79 Å². The smallest absolute Gasteiger partial charge is 0.217 e. The van der Waals surface area contributed by atoms with Crippen molar-refractivity contribution in [2.24, 2.45) is 0 Å².